The molecular formula is C15H13N5O6S. The highest BCUT2D eigenvalue weighted by Gasteiger charge is 2.19. The van der Waals surface area contributed by atoms with Crippen LogP contribution in [0.2, 0.25) is 0 Å². The first kappa shape index (κ1) is 18.3. The Hall–Kier alpha value is -3.54. The van der Waals surface area contributed by atoms with Gasteiger partial charge in [0, 0.05) is 25.4 Å². The average molecular weight is 391 g/mol. The number of nitro groups is 1. The molecular weight excluding hydrogens is 378 g/mol. The summed E-state index contributed by atoms with van der Waals surface area (Å²) in [5.41, 5.74) is -1.07. The van der Waals surface area contributed by atoms with Crippen molar-refractivity contribution in [2.45, 2.75) is 11.8 Å². The van der Waals surface area contributed by atoms with Gasteiger partial charge in [-0.25, -0.2) is 18.2 Å². The molecule has 0 aliphatic heterocycles. The Balaban J connectivity index is 2.07. The van der Waals surface area contributed by atoms with Crippen LogP contribution in [0, 0.1) is 17.0 Å². The van der Waals surface area contributed by atoms with Gasteiger partial charge in [0.2, 0.25) is 0 Å². The number of hydrogen-bond donors (Lipinski definition) is 2. The van der Waals surface area contributed by atoms with E-state index in [0.717, 1.165) is 16.8 Å². The highest BCUT2D eigenvalue weighted by atomic mass is 32.2. The van der Waals surface area contributed by atoms with Gasteiger partial charge in [0.15, 0.2) is 0 Å². The van der Waals surface area contributed by atoms with Crippen LogP contribution in [0.25, 0.3) is 11.0 Å². The predicted molar refractivity (Wildman–Crippen MR) is 96.2 cm³/mol. The molecule has 0 atom stereocenters. The second-order valence-corrected chi connectivity index (χ2v) is 7.40. The molecule has 0 radical (unpaired) electrons. The maximum Gasteiger partial charge on any atom is 0.329 e. The molecule has 3 rings (SSSR count). The molecule has 0 aliphatic rings. The summed E-state index contributed by atoms with van der Waals surface area (Å²) in [4.78, 5) is 39.4. The molecule has 2 N–H and O–H groups in total. The van der Waals surface area contributed by atoms with E-state index in [1.54, 1.807) is 0 Å². The number of non-ortho nitro benzene ring substituents is 1. The van der Waals surface area contributed by atoms with Crippen molar-refractivity contribution in [3.63, 3.8) is 0 Å². The molecule has 11 nitrogen and oxygen atoms in total. The first-order valence-corrected chi connectivity index (χ1v) is 8.95. The summed E-state index contributed by atoms with van der Waals surface area (Å²) in [5.74, 6) is 0. The van der Waals surface area contributed by atoms with E-state index in [1.807, 2.05) is 0 Å². The Labute approximate surface area is 151 Å². The molecule has 2 aromatic heterocycles. The quantitative estimate of drug-likeness (QED) is 0.488. The maximum absolute atomic E-state index is 12.6. The number of pyridine rings is 1. The van der Waals surface area contributed by atoms with Gasteiger partial charge in [0.05, 0.1) is 16.0 Å². The number of aryl methyl sites for hydroxylation is 2. The van der Waals surface area contributed by atoms with Crippen LogP contribution < -0.4 is 16.0 Å². The van der Waals surface area contributed by atoms with Gasteiger partial charge in [-0.1, -0.05) is 0 Å². The molecule has 0 fully saturated rings. The lowest BCUT2D eigenvalue weighted by molar-refractivity contribution is -0.384. The lowest BCUT2D eigenvalue weighted by Gasteiger charge is -2.11. The second kappa shape index (κ2) is 6.32. The summed E-state index contributed by atoms with van der Waals surface area (Å²) >= 11 is 0. The van der Waals surface area contributed by atoms with E-state index in [4.69, 9.17) is 0 Å². The molecule has 0 spiro atoms. The van der Waals surface area contributed by atoms with Crippen molar-refractivity contribution in [2.75, 3.05) is 4.72 Å². The lowest BCUT2D eigenvalue weighted by atomic mass is 10.2. The van der Waals surface area contributed by atoms with E-state index in [9.17, 15) is 28.1 Å². The third-order valence-electron chi connectivity index (χ3n) is 3.90. The van der Waals surface area contributed by atoms with Crippen LogP contribution >= 0.6 is 0 Å². The largest absolute Gasteiger partial charge is 0.329 e. The maximum atomic E-state index is 12.6. The van der Waals surface area contributed by atoms with Gasteiger partial charge in [0.25, 0.3) is 21.3 Å². The van der Waals surface area contributed by atoms with Crippen LogP contribution in [-0.4, -0.2) is 27.9 Å². The van der Waals surface area contributed by atoms with Gasteiger partial charge in [-0.15, -0.1) is 0 Å². The molecule has 0 amide bonds. The number of nitro benzene ring substituents is 1. The highest BCUT2D eigenvalue weighted by Crippen LogP contribution is 2.24. The minimum absolute atomic E-state index is 0.0363. The van der Waals surface area contributed by atoms with Gasteiger partial charge in [0.1, 0.15) is 10.5 Å². The van der Waals surface area contributed by atoms with Crippen molar-refractivity contribution in [2.24, 2.45) is 7.05 Å². The SMILES string of the molecule is Cc1cc([N+](=O)[O-])ccc1NS(=O)(=O)c1cnc2c(c1)c(=O)[nH]c(=O)n2C. The third-order valence-corrected chi connectivity index (χ3v) is 5.24. The Morgan fingerprint density at radius 2 is 1.96 bits per heavy atom. The van der Waals surface area contributed by atoms with E-state index >= 15 is 0 Å². The monoisotopic (exact) mass is 391 g/mol. The molecule has 1 aromatic carbocycles. The number of fused-ring (bicyclic) bond motifs is 1. The van der Waals surface area contributed by atoms with E-state index in [1.165, 1.54) is 32.2 Å². The normalized spacial score (nSPS) is 11.5. The zero-order valence-electron chi connectivity index (χ0n) is 14.1. The Bertz CT molecular complexity index is 1310. The minimum atomic E-state index is -4.12. The Kier molecular flexibility index (Phi) is 4.27. The fourth-order valence-electron chi connectivity index (χ4n) is 2.44. The molecule has 3 aromatic rings. The summed E-state index contributed by atoms with van der Waals surface area (Å²) in [7, 11) is -2.73. The fourth-order valence-corrected chi connectivity index (χ4v) is 3.54. The van der Waals surface area contributed by atoms with Gasteiger partial charge in [-0.3, -0.25) is 29.2 Å². The third kappa shape index (κ3) is 3.29. The number of nitrogens with zero attached hydrogens (tertiary/aromatic N) is 3. The number of anilines is 1. The van der Waals surface area contributed by atoms with Crippen LogP contribution in [0.3, 0.4) is 0 Å². The zero-order chi connectivity index (χ0) is 19.9. The molecule has 12 heteroatoms. The van der Waals surface area contributed by atoms with Crippen molar-refractivity contribution in [1.29, 1.82) is 0 Å². The van der Waals surface area contributed by atoms with Crippen molar-refractivity contribution in [1.82, 2.24) is 14.5 Å². The Morgan fingerprint density at radius 3 is 2.59 bits per heavy atom. The number of rotatable bonds is 4. The fraction of sp³-hybridized carbons (Fsp3) is 0.133. The molecule has 0 saturated carbocycles. The summed E-state index contributed by atoms with van der Waals surface area (Å²) in [6.45, 7) is 1.52. The smallest absolute Gasteiger partial charge is 0.281 e. The molecule has 27 heavy (non-hydrogen) atoms. The van der Waals surface area contributed by atoms with Gasteiger partial charge in [-0.2, -0.15) is 0 Å². The Morgan fingerprint density at radius 1 is 1.26 bits per heavy atom. The predicted octanol–water partition coefficient (Wildman–Crippen LogP) is 0.639. The van der Waals surface area contributed by atoms with Crippen molar-refractivity contribution < 1.29 is 13.3 Å². The van der Waals surface area contributed by atoms with Crippen LogP contribution in [0.1, 0.15) is 5.56 Å². The van der Waals surface area contributed by atoms with Crippen molar-refractivity contribution in [3.8, 4) is 0 Å². The average Bonchev–Trinajstić information content (AvgIpc) is 2.60. The van der Waals surface area contributed by atoms with Crippen LogP contribution in [0.4, 0.5) is 11.4 Å². The zero-order valence-corrected chi connectivity index (χ0v) is 14.9. The first-order chi connectivity index (χ1) is 12.6. The standard InChI is InChI=1S/C15H13N5O6S/c1-8-5-9(20(23)24)3-4-12(8)18-27(25,26)10-6-11-13(16-7-10)19(2)15(22)17-14(11)21/h3-7,18H,1-2H3,(H,17,21,22). The van der Waals surface area contributed by atoms with Crippen LogP contribution in [0.5, 0.6) is 0 Å². The summed E-state index contributed by atoms with van der Waals surface area (Å²) in [6, 6.07) is 4.78. The highest BCUT2D eigenvalue weighted by molar-refractivity contribution is 7.92. The van der Waals surface area contributed by atoms with E-state index in [2.05, 4.69) is 14.7 Å². The number of nitrogens with one attached hydrogen (secondary N) is 2. The lowest BCUT2D eigenvalue weighted by Crippen LogP contribution is -2.29. The number of benzene rings is 1. The molecule has 0 unspecified atom stereocenters. The minimum Gasteiger partial charge on any atom is -0.281 e. The summed E-state index contributed by atoms with van der Waals surface area (Å²) < 4.78 is 28.6. The molecule has 0 saturated heterocycles. The van der Waals surface area contributed by atoms with Crippen molar-refractivity contribution >= 4 is 32.4 Å². The van der Waals surface area contributed by atoms with E-state index in [0.29, 0.717) is 5.56 Å². The number of aromatic amines is 1. The number of H-pyrrole nitrogens is 1. The summed E-state index contributed by atoms with van der Waals surface area (Å²) in [6.07, 6.45) is 1.02. The number of hydrogen-bond acceptors (Lipinski definition) is 7. The van der Waals surface area contributed by atoms with Crippen molar-refractivity contribution in [3.05, 3.63) is 67.0 Å². The van der Waals surface area contributed by atoms with Gasteiger partial charge < -0.3 is 0 Å². The van der Waals surface area contributed by atoms with E-state index in [-0.39, 0.29) is 27.3 Å². The van der Waals surface area contributed by atoms with Crippen LogP contribution in [-0.2, 0) is 17.1 Å². The van der Waals surface area contributed by atoms with Crippen LogP contribution in [0.15, 0.2) is 44.9 Å². The second-order valence-electron chi connectivity index (χ2n) is 5.72. The molecule has 140 valence electrons. The first-order valence-electron chi connectivity index (χ1n) is 7.47. The summed E-state index contributed by atoms with van der Waals surface area (Å²) in [5, 5.41) is 10.7. The molecule has 2 heterocycles. The number of aromatic nitrogens is 3. The van der Waals surface area contributed by atoms with Gasteiger partial charge in [-0.05, 0) is 24.6 Å². The topological polar surface area (TPSA) is 157 Å². The van der Waals surface area contributed by atoms with Gasteiger partial charge >= 0.3 is 5.69 Å². The molecule has 0 bridgehead atoms. The van der Waals surface area contributed by atoms with E-state index < -0.39 is 26.2 Å². The number of sulfonamides is 1. The molecule has 0 aliphatic carbocycles.